The Morgan fingerprint density at radius 2 is 1.90 bits per heavy atom. The van der Waals surface area contributed by atoms with Crippen LogP contribution in [0.2, 0.25) is 0 Å². The minimum Gasteiger partial charge on any atom is -0.506 e. The molecule has 0 bridgehead atoms. The summed E-state index contributed by atoms with van der Waals surface area (Å²) in [6.07, 6.45) is 1.78. The second kappa shape index (κ2) is 9.78. The molecule has 2 unspecified atom stereocenters. The van der Waals surface area contributed by atoms with Crippen molar-refractivity contribution in [2.45, 2.75) is 31.8 Å². The highest BCUT2D eigenvalue weighted by atomic mass is 32.1. The van der Waals surface area contributed by atoms with E-state index in [9.17, 15) is 15.0 Å². The molecule has 2 atom stereocenters. The lowest BCUT2D eigenvalue weighted by molar-refractivity contribution is -0.147. The molecule has 1 aliphatic rings. The monoisotopic (exact) mass is 437 g/mol. The summed E-state index contributed by atoms with van der Waals surface area (Å²) in [6, 6.07) is 16.1. The lowest BCUT2D eigenvalue weighted by Gasteiger charge is -2.29. The van der Waals surface area contributed by atoms with Crippen LogP contribution >= 0.6 is 11.3 Å². The van der Waals surface area contributed by atoms with Crippen LogP contribution in [0.3, 0.4) is 0 Å². The number of allylic oxidation sites excluding steroid dienone is 1. The Kier molecular flexibility index (Phi) is 6.66. The molecule has 3 N–H and O–H groups in total. The molecule has 0 saturated carbocycles. The van der Waals surface area contributed by atoms with Gasteiger partial charge in [-0.25, -0.2) is 0 Å². The van der Waals surface area contributed by atoms with Gasteiger partial charge < -0.3 is 25.0 Å². The fourth-order valence-electron chi connectivity index (χ4n) is 3.33. The van der Waals surface area contributed by atoms with Crippen molar-refractivity contribution >= 4 is 22.9 Å². The number of phenols is 1. The number of thiophene rings is 1. The van der Waals surface area contributed by atoms with Crippen LogP contribution in [-0.2, 0) is 27.5 Å². The number of aromatic hydroxyl groups is 1. The number of amides is 1. The van der Waals surface area contributed by atoms with E-state index in [1.165, 1.54) is 6.07 Å². The third kappa shape index (κ3) is 5.32. The van der Waals surface area contributed by atoms with Crippen molar-refractivity contribution in [3.8, 4) is 5.75 Å². The van der Waals surface area contributed by atoms with Crippen molar-refractivity contribution in [1.29, 1.82) is 0 Å². The molecule has 0 fully saturated rings. The first-order valence-electron chi connectivity index (χ1n) is 9.92. The molecule has 2 heterocycles. The molecule has 31 heavy (non-hydrogen) atoms. The van der Waals surface area contributed by atoms with Gasteiger partial charge >= 0.3 is 0 Å². The van der Waals surface area contributed by atoms with E-state index < -0.39 is 12.2 Å². The van der Waals surface area contributed by atoms with Gasteiger partial charge in [0.05, 0.1) is 18.9 Å². The number of anilines is 1. The predicted octanol–water partition coefficient (Wildman–Crippen LogP) is 4.52. The van der Waals surface area contributed by atoms with Crippen LogP contribution in [0.5, 0.6) is 5.75 Å². The first kappa shape index (κ1) is 21.1. The third-order valence-corrected chi connectivity index (χ3v) is 5.75. The van der Waals surface area contributed by atoms with Crippen LogP contribution < -0.4 is 5.32 Å². The molecule has 1 amide bonds. The summed E-state index contributed by atoms with van der Waals surface area (Å²) in [5, 5.41) is 25.9. The number of hydrogen-bond acceptors (Lipinski definition) is 6. The van der Waals surface area contributed by atoms with E-state index in [0.717, 1.165) is 16.7 Å². The van der Waals surface area contributed by atoms with Gasteiger partial charge in [-0.3, -0.25) is 4.79 Å². The van der Waals surface area contributed by atoms with Gasteiger partial charge in [-0.2, -0.15) is 11.3 Å². The number of ether oxygens (including phenoxy) is 2. The number of nitrogens with one attached hydrogen (secondary N) is 1. The summed E-state index contributed by atoms with van der Waals surface area (Å²) in [6.45, 7) is 0.316. The molecular weight excluding hydrogens is 414 g/mol. The van der Waals surface area contributed by atoms with Crippen LogP contribution in [-0.4, -0.2) is 22.4 Å². The number of rotatable bonds is 7. The van der Waals surface area contributed by atoms with E-state index in [4.69, 9.17) is 9.47 Å². The first-order chi connectivity index (χ1) is 15.1. The van der Waals surface area contributed by atoms with Gasteiger partial charge in [0, 0.05) is 12.3 Å². The third-order valence-electron chi connectivity index (χ3n) is 5.05. The minimum absolute atomic E-state index is 0.00453. The molecule has 4 rings (SSSR count). The van der Waals surface area contributed by atoms with Crippen LogP contribution in [0.15, 0.2) is 77.2 Å². The fraction of sp³-hybridized carbons (Fsp3) is 0.208. The number of benzene rings is 2. The maximum absolute atomic E-state index is 12.8. The summed E-state index contributed by atoms with van der Waals surface area (Å²) >= 11 is 1.60. The Morgan fingerprint density at radius 3 is 2.61 bits per heavy atom. The SMILES string of the molecule is O=C(Nc1ccccc1O)C1=CC(c2ccsc2)CC(OCc2ccc(CO)cc2)O1. The van der Waals surface area contributed by atoms with Crippen LogP contribution in [0.25, 0.3) is 0 Å². The van der Waals surface area contributed by atoms with Crippen molar-refractivity contribution in [3.63, 3.8) is 0 Å². The summed E-state index contributed by atoms with van der Waals surface area (Å²) in [5.41, 5.74) is 3.20. The molecule has 1 aromatic heterocycles. The molecule has 3 aromatic rings. The molecule has 7 heteroatoms. The van der Waals surface area contributed by atoms with Gasteiger partial charge in [0.1, 0.15) is 5.75 Å². The van der Waals surface area contributed by atoms with Crippen molar-refractivity contribution in [3.05, 3.63) is 93.9 Å². The first-order valence-corrected chi connectivity index (χ1v) is 10.9. The van der Waals surface area contributed by atoms with Crippen molar-refractivity contribution in [1.82, 2.24) is 0 Å². The zero-order valence-corrected chi connectivity index (χ0v) is 17.5. The van der Waals surface area contributed by atoms with Gasteiger partial charge in [0.2, 0.25) is 6.29 Å². The molecule has 6 nitrogen and oxygen atoms in total. The topological polar surface area (TPSA) is 88.0 Å². The van der Waals surface area contributed by atoms with Gasteiger partial charge in [0.15, 0.2) is 5.76 Å². The van der Waals surface area contributed by atoms with Gasteiger partial charge in [-0.05, 0) is 51.7 Å². The summed E-state index contributed by atoms with van der Waals surface area (Å²) in [4.78, 5) is 12.8. The lowest BCUT2D eigenvalue weighted by atomic mass is 9.95. The smallest absolute Gasteiger partial charge is 0.290 e. The molecular formula is C24H23NO5S. The maximum atomic E-state index is 12.8. The van der Waals surface area contributed by atoms with Crippen LogP contribution in [0.4, 0.5) is 5.69 Å². The number of para-hydroxylation sites is 2. The average molecular weight is 438 g/mol. The second-order valence-corrected chi connectivity index (χ2v) is 8.01. The van der Waals surface area contributed by atoms with Crippen LogP contribution in [0.1, 0.15) is 29.0 Å². The molecule has 2 aromatic carbocycles. The Bertz CT molecular complexity index is 1050. The van der Waals surface area contributed by atoms with E-state index in [2.05, 4.69) is 10.7 Å². The van der Waals surface area contributed by atoms with Crippen molar-refractivity contribution < 1.29 is 24.5 Å². The largest absolute Gasteiger partial charge is 0.506 e. The minimum atomic E-state index is -0.600. The molecule has 160 valence electrons. The highest BCUT2D eigenvalue weighted by molar-refractivity contribution is 7.08. The van der Waals surface area contributed by atoms with E-state index in [-0.39, 0.29) is 24.0 Å². The Labute approximate surface area is 184 Å². The van der Waals surface area contributed by atoms with Crippen molar-refractivity contribution in [2.75, 3.05) is 5.32 Å². The normalized spacial score (nSPS) is 18.2. The summed E-state index contributed by atoms with van der Waals surface area (Å²) in [5.74, 6) is -0.318. The van der Waals surface area contributed by atoms with Gasteiger partial charge in [-0.1, -0.05) is 36.4 Å². The molecule has 0 radical (unpaired) electrons. The average Bonchev–Trinajstić information content (AvgIpc) is 3.34. The Morgan fingerprint density at radius 1 is 1.13 bits per heavy atom. The molecule has 0 aliphatic carbocycles. The number of aliphatic hydroxyl groups excluding tert-OH is 1. The van der Waals surface area contributed by atoms with E-state index in [1.807, 2.05) is 35.7 Å². The highest BCUT2D eigenvalue weighted by Gasteiger charge is 2.29. The lowest BCUT2D eigenvalue weighted by Crippen LogP contribution is -2.29. The predicted molar refractivity (Wildman–Crippen MR) is 119 cm³/mol. The Hall–Kier alpha value is -3.13. The Balaban J connectivity index is 1.48. The van der Waals surface area contributed by atoms with Gasteiger partial charge in [-0.15, -0.1) is 0 Å². The number of aliphatic hydroxyl groups is 1. The zero-order valence-electron chi connectivity index (χ0n) is 16.7. The molecule has 0 spiro atoms. The number of carbonyl (C=O) groups is 1. The summed E-state index contributed by atoms with van der Waals surface area (Å²) < 4.78 is 11.8. The van der Waals surface area contributed by atoms with E-state index >= 15 is 0 Å². The fourth-order valence-corrected chi connectivity index (χ4v) is 4.05. The van der Waals surface area contributed by atoms with E-state index in [1.54, 1.807) is 35.6 Å². The number of hydrogen-bond donors (Lipinski definition) is 3. The standard InChI is InChI=1S/C24H23NO5S/c26-13-16-5-7-17(8-6-16)14-29-23-12-19(18-9-10-31-15-18)11-22(30-23)24(28)25-20-3-1-2-4-21(20)27/h1-11,15,19,23,26-27H,12-14H2,(H,25,28). The molecule has 0 saturated heterocycles. The van der Waals surface area contributed by atoms with E-state index in [0.29, 0.717) is 18.7 Å². The quantitative estimate of drug-likeness (QED) is 0.473. The zero-order chi connectivity index (χ0) is 21.6. The number of carbonyl (C=O) groups excluding carboxylic acids is 1. The highest BCUT2D eigenvalue weighted by Crippen LogP contribution is 2.33. The van der Waals surface area contributed by atoms with Crippen molar-refractivity contribution in [2.24, 2.45) is 0 Å². The summed E-state index contributed by atoms with van der Waals surface area (Å²) in [7, 11) is 0. The van der Waals surface area contributed by atoms with Crippen LogP contribution in [0, 0.1) is 0 Å². The second-order valence-electron chi connectivity index (χ2n) is 7.23. The molecule has 1 aliphatic heterocycles. The number of phenolic OH excluding ortho intramolecular Hbond substituents is 1. The maximum Gasteiger partial charge on any atom is 0.290 e. The van der Waals surface area contributed by atoms with Gasteiger partial charge in [0.25, 0.3) is 5.91 Å².